The maximum Gasteiger partial charge on any atom is 0.306 e. The molecule has 1 atom stereocenters. The standard InChI is InChI=1S/C8H13BrO2/c1-8(2)3-6(5-9)11-7(10)4-8/h6H,3-5H2,1-2H3. The molecule has 2 nitrogen and oxygen atoms in total. The van der Waals surface area contributed by atoms with Crippen LogP contribution in [-0.2, 0) is 9.53 Å². The SMILES string of the molecule is CC1(C)CC(=O)OC(CBr)C1. The number of ether oxygens (including phenoxy) is 1. The van der Waals surface area contributed by atoms with Crippen molar-refractivity contribution in [2.75, 3.05) is 5.33 Å². The summed E-state index contributed by atoms with van der Waals surface area (Å²) in [4.78, 5) is 11.0. The zero-order chi connectivity index (χ0) is 8.48. The Morgan fingerprint density at radius 3 is 2.82 bits per heavy atom. The molecule has 1 aliphatic rings. The van der Waals surface area contributed by atoms with E-state index in [1.807, 2.05) is 0 Å². The van der Waals surface area contributed by atoms with Gasteiger partial charge < -0.3 is 4.74 Å². The zero-order valence-electron chi connectivity index (χ0n) is 6.89. The van der Waals surface area contributed by atoms with Crippen LogP contribution in [-0.4, -0.2) is 17.4 Å². The molecule has 1 rings (SSSR count). The summed E-state index contributed by atoms with van der Waals surface area (Å²) in [5.41, 5.74) is 0.119. The molecule has 1 saturated heterocycles. The molecule has 1 heterocycles. The lowest BCUT2D eigenvalue weighted by molar-refractivity contribution is -0.158. The average molecular weight is 221 g/mol. The van der Waals surface area contributed by atoms with Gasteiger partial charge in [0.2, 0.25) is 0 Å². The van der Waals surface area contributed by atoms with Crippen LogP contribution < -0.4 is 0 Å². The van der Waals surface area contributed by atoms with Crippen LogP contribution in [0.2, 0.25) is 0 Å². The molecule has 0 aromatic rings. The van der Waals surface area contributed by atoms with Gasteiger partial charge in [-0.2, -0.15) is 0 Å². The number of esters is 1. The Morgan fingerprint density at radius 1 is 1.73 bits per heavy atom. The summed E-state index contributed by atoms with van der Waals surface area (Å²) in [6.07, 6.45) is 1.59. The minimum Gasteiger partial charge on any atom is -0.461 e. The average Bonchev–Trinajstić information content (AvgIpc) is 1.83. The number of cyclic esters (lactones) is 1. The topological polar surface area (TPSA) is 26.3 Å². The third kappa shape index (κ3) is 2.47. The summed E-state index contributed by atoms with van der Waals surface area (Å²) >= 11 is 3.31. The second kappa shape index (κ2) is 3.13. The predicted molar refractivity (Wildman–Crippen MR) is 46.7 cm³/mol. The molecule has 1 fully saturated rings. The highest BCUT2D eigenvalue weighted by atomic mass is 79.9. The van der Waals surface area contributed by atoms with Gasteiger partial charge in [-0.1, -0.05) is 29.8 Å². The first-order chi connectivity index (χ1) is 5.03. The summed E-state index contributed by atoms with van der Waals surface area (Å²) < 4.78 is 5.09. The molecule has 3 heteroatoms. The third-order valence-electron chi connectivity index (χ3n) is 1.87. The van der Waals surface area contributed by atoms with Gasteiger partial charge in [-0.3, -0.25) is 4.79 Å². The first-order valence-electron chi connectivity index (χ1n) is 3.79. The summed E-state index contributed by atoms with van der Waals surface area (Å²) in [5, 5.41) is 0.752. The molecule has 11 heavy (non-hydrogen) atoms. The van der Waals surface area contributed by atoms with Crippen molar-refractivity contribution in [2.24, 2.45) is 5.41 Å². The Hall–Kier alpha value is -0.0500. The van der Waals surface area contributed by atoms with Crippen molar-refractivity contribution in [1.29, 1.82) is 0 Å². The molecular formula is C8H13BrO2. The minimum absolute atomic E-state index is 0.0642. The largest absolute Gasteiger partial charge is 0.461 e. The van der Waals surface area contributed by atoms with Gasteiger partial charge in [0.05, 0.1) is 6.42 Å². The van der Waals surface area contributed by atoms with Gasteiger partial charge in [-0.15, -0.1) is 0 Å². The summed E-state index contributed by atoms with van der Waals surface area (Å²) in [6.45, 7) is 4.20. The molecule has 0 aromatic carbocycles. The molecule has 0 aliphatic carbocycles. The van der Waals surface area contributed by atoms with Crippen LogP contribution in [0.4, 0.5) is 0 Å². The number of alkyl halides is 1. The van der Waals surface area contributed by atoms with Gasteiger partial charge in [0.25, 0.3) is 0 Å². The van der Waals surface area contributed by atoms with Crippen LogP contribution in [0.15, 0.2) is 0 Å². The van der Waals surface area contributed by atoms with E-state index in [4.69, 9.17) is 4.74 Å². The van der Waals surface area contributed by atoms with Gasteiger partial charge >= 0.3 is 5.97 Å². The molecular weight excluding hydrogens is 208 g/mol. The van der Waals surface area contributed by atoms with Crippen LogP contribution in [0.3, 0.4) is 0 Å². The van der Waals surface area contributed by atoms with Crippen molar-refractivity contribution in [3.05, 3.63) is 0 Å². The highest BCUT2D eigenvalue weighted by Gasteiger charge is 2.33. The van der Waals surface area contributed by atoms with Gasteiger partial charge in [0, 0.05) is 5.33 Å². The Bertz CT molecular complexity index is 165. The van der Waals surface area contributed by atoms with E-state index in [2.05, 4.69) is 29.8 Å². The number of hydrogen-bond acceptors (Lipinski definition) is 2. The molecule has 1 aliphatic heterocycles. The number of carbonyl (C=O) groups excluding carboxylic acids is 1. The monoisotopic (exact) mass is 220 g/mol. The van der Waals surface area contributed by atoms with Crippen molar-refractivity contribution < 1.29 is 9.53 Å². The highest BCUT2D eigenvalue weighted by molar-refractivity contribution is 9.09. The Labute approximate surface area is 75.4 Å². The van der Waals surface area contributed by atoms with E-state index < -0.39 is 0 Å². The van der Waals surface area contributed by atoms with E-state index in [1.165, 1.54) is 0 Å². The molecule has 0 amide bonds. The normalized spacial score (nSPS) is 29.7. The quantitative estimate of drug-likeness (QED) is 0.500. The van der Waals surface area contributed by atoms with Crippen LogP contribution >= 0.6 is 15.9 Å². The minimum atomic E-state index is -0.0642. The Balaban J connectivity index is 2.58. The fourth-order valence-corrected chi connectivity index (χ4v) is 1.80. The van der Waals surface area contributed by atoms with Gasteiger partial charge in [-0.05, 0) is 11.8 Å². The lowest BCUT2D eigenvalue weighted by atomic mass is 9.82. The van der Waals surface area contributed by atoms with Crippen molar-refractivity contribution in [2.45, 2.75) is 32.8 Å². The summed E-state index contributed by atoms with van der Waals surface area (Å²) in [6, 6.07) is 0. The lowest BCUT2D eigenvalue weighted by Crippen LogP contribution is -2.35. The van der Waals surface area contributed by atoms with Crippen molar-refractivity contribution in [1.82, 2.24) is 0 Å². The Kier molecular flexibility index (Phi) is 2.58. The number of hydrogen-bond donors (Lipinski definition) is 0. The maximum atomic E-state index is 11.0. The molecule has 0 saturated carbocycles. The Morgan fingerprint density at radius 2 is 2.36 bits per heavy atom. The van der Waals surface area contributed by atoms with E-state index in [1.54, 1.807) is 0 Å². The summed E-state index contributed by atoms with van der Waals surface area (Å²) in [7, 11) is 0. The third-order valence-corrected chi connectivity index (χ3v) is 2.60. The van der Waals surface area contributed by atoms with Gasteiger partial charge in [-0.25, -0.2) is 0 Å². The lowest BCUT2D eigenvalue weighted by Gasteiger charge is -2.33. The zero-order valence-corrected chi connectivity index (χ0v) is 8.48. The summed E-state index contributed by atoms with van der Waals surface area (Å²) in [5.74, 6) is -0.0642. The van der Waals surface area contributed by atoms with E-state index in [0.717, 1.165) is 11.8 Å². The number of rotatable bonds is 1. The first kappa shape index (κ1) is 9.04. The molecule has 64 valence electrons. The van der Waals surface area contributed by atoms with Crippen molar-refractivity contribution in [3.63, 3.8) is 0 Å². The van der Waals surface area contributed by atoms with Gasteiger partial charge in [0.15, 0.2) is 0 Å². The second-order valence-corrected chi connectivity index (χ2v) is 4.46. The molecule has 1 unspecified atom stereocenters. The predicted octanol–water partition coefficient (Wildman–Crippen LogP) is 2.11. The van der Waals surface area contributed by atoms with Crippen LogP contribution in [0.1, 0.15) is 26.7 Å². The fraction of sp³-hybridized carbons (Fsp3) is 0.875. The maximum absolute atomic E-state index is 11.0. The van der Waals surface area contributed by atoms with Gasteiger partial charge in [0.1, 0.15) is 6.10 Å². The van der Waals surface area contributed by atoms with E-state index in [0.29, 0.717) is 6.42 Å². The molecule has 0 radical (unpaired) electrons. The first-order valence-corrected chi connectivity index (χ1v) is 4.91. The van der Waals surface area contributed by atoms with E-state index >= 15 is 0 Å². The van der Waals surface area contributed by atoms with Crippen molar-refractivity contribution >= 4 is 21.9 Å². The second-order valence-electron chi connectivity index (χ2n) is 3.81. The smallest absolute Gasteiger partial charge is 0.306 e. The van der Waals surface area contributed by atoms with Crippen molar-refractivity contribution in [3.8, 4) is 0 Å². The highest BCUT2D eigenvalue weighted by Crippen LogP contribution is 2.33. The fourth-order valence-electron chi connectivity index (χ4n) is 1.43. The van der Waals surface area contributed by atoms with Crippen LogP contribution in [0.25, 0.3) is 0 Å². The number of carbonyl (C=O) groups is 1. The van der Waals surface area contributed by atoms with E-state index in [9.17, 15) is 4.79 Å². The molecule has 0 bridgehead atoms. The van der Waals surface area contributed by atoms with Crippen LogP contribution in [0, 0.1) is 5.41 Å². The molecule has 0 aromatic heterocycles. The van der Waals surface area contributed by atoms with Crippen LogP contribution in [0.5, 0.6) is 0 Å². The van der Waals surface area contributed by atoms with E-state index in [-0.39, 0.29) is 17.5 Å². The number of halogens is 1. The molecule has 0 spiro atoms. The molecule has 0 N–H and O–H groups in total.